The van der Waals surface area contributed by atoms with E-state index in [9.17, 15) is 0 Å². The zero-order chi connectivity index (χ0) is 13.7. The van der Waals surface area contributed by atoms with Crippen LogP contribution in [0.1, 0.15) is 36.0 Å². The van der Waals surface area contributed by atoms with E-state index in [1.54, 1.807) is 6.26 Å². The van der Waals surface area contributed by atoms with Gasteiger partial charge >= 0.3 is 0 Å². The van der Waals surface area contributed by atoms with Crippen LogP contribution in [0.5, 0.6) is 0 Å². The van der Waals surface area contributed by atoms with Crippen LogP contribution in [0.15, 0.2) is 28.9 Å². The molecule has 2 N–H and O–H groups in total. The Morgan fingerprint density at radius 3 is 2.95 bits per heavy atom. The first kappa shape index (κ1) is 11.5. The molecule has 0 bridgehead atoms. The topological polar surface area (TPSA) is 69.9 Å². The van der Waals surface area contributed by atoms with E-state index in [1.807, 2.05) is 23.7 Å². The number of hydrogen-bond donors (Lipinski definition) is 1. The predicted molar refractivity (Wildman–Crippen MR) is 76.5 cm³/mol. The van der Waals surface area contributed by atoms with E-state index in [4.69, 9.17) is 15.2 Å². The lowest BCUT2D eigenvalue weighted by Gasteiger charge is -2.00. The molecule has 102 valence electrons. The summed E-state index contributed by atoms with van der Waals surface area (Å²) in [4.78, 5) is 4.35. The Morgan fingerprint density at radius 2 is 2.25 bits per heavy atom. The molecule has 0 radical (unpaired) electrons. The maximum absolute atomic E-state index is 6.15. The number of nitrogens with two attached hydrogens (primary N) is 1. The van der Waals surface area contributed by atoms with Crippen molar-refractivity contribution in [2.24, 2.45) is 0 Å². The highest BCUT2D eigenvalue weighted by Crippen LogP contribution is 2.43. The van der Waals surface area contributed by atoms with Gasteiger partial charge in [-0.05, 0) is 25.0 Å². The van der Waals surface area contributed by atoms with E-state index in [0.717, 1.165) is 28.0 Å². The first-order valence-electron chi connectivity index (χ1n) is 6.88. The molecule has 5 nitrogen and oxygen atoms in total. The lowest BCUT2D eigenvalue weighted by Crippen LogP contribution is -2.02. The minimum atomic E-state index is 0.572. The second kappa shape index (κ2) is 4.10. The Morgan fingerprint density at radius 1 is 1.40 bits per heavy atom. The highest BCUT2D eigenvalue weighted by atomic mass is 16.3. The van der Waals surface area contributed by atoms with Crippen molar-refractivity contribution in [1.82, 2.24) is 14.8 Å². The average Bonchev–Trinajstić information content (AvgIpc) is 3.10. The van der Waals surface area contributed by atoms with E-state index in [1.165, 1.54) is 12.8 Å². The van der Waals surface area contributed by atoms with Crippen LogP contribution in [0.2, 0.25) is 0 Å². The van der Waals surface area contributed by atoms with Crippen LogP contribution >= 0.6 is 0 Å². The SMILES string of the molecule is Cc1nc(Cn2nc(C3CC3)c3c(N)cccc32)co1. The van der Waals surface area contributed by atoms with Crippen molar-refractivity contribution >= 4 is 16.6 Å². The van der Waals surface area contributed by atoms with Crippen LogP contribution in [0.25, 0.3) is 10.9 Å². The van der Waals surface area contributed by atoms with Gasteiger partial charge in [0.15, 0.2) is 5.89 Å². The average molecular weight is 268 g/mol. The van der Waals surface area contributed by atoms with Gasteiger partial charge in [-0.2, -0.15) is 5.10 Å². The molecule has 1 aromatic carbocycles. The fraction of sp³-hybridized carbons (Fsp3) is 0.333. The summed E-state index contributed by atoms with van der Waals surface area (Å²) in [5, 5.41) is 5.88. The molecule has 0 spiro atoms. The second-order valence-electron chi connectivity index (χ2n) is 5.42. The molecule has 5 heteroatoms. The maximum atomic E-state index is 6.15. The van der Waals surface area contributed by atoms with Crippen molar-refractivity contribution in [1.29, 1.82) is 0 Å². The summed E-state index contributed by atoms with van der Waals surface area (Å²) < 4.78 is 7.24. The van der Waals surface area contributed by atoms with Gasteiger partial charge < -0.3 is 10.2 Å². The quantitative estimate of drug-likeness (QED) is 0.741. The van der Waals surface area contributed by atoms with E-state index < -0.39 is 0 Å². The number of nitrogen functional groups attached to an aromatic ring is 1. The molecule has 1 fully saturated rings. The number of anilines is 1. The number of rotatable bonds is 3. The number of hydrogen-bond acceptors (Lipinski definition) is 4. The van der Waals surface area contributed by atoms with E-state index in [0.29, 0.717) is 18.4 Å². The summed E-state index contributed by atoms with van der Waals surface area (Å²) in [7, 11) is 0. The standard InChI is InChI=1S/C15H16N4O/c1-9-17-11(8-20-9)7-19-13-4-2-3-12(16)14(13)15(18-19)10-5-6-10/h2-4,8,10H,5-7,16H2,1H3. The molecule has 1 aliphatic rings. The van der Waals surface area contributed by atoms with E-state index >= 15 is 0 Å². The van der Waals surface area contributed by atoms with E-state index in [2.05, 4.69) is 11.1 Å². The molecule has 0 atom stereocenters. The third kappa shape index (κ3) is 1.78. The van der Waals surface area contributed by atoms with Gasteiger partial charge in [-0.3, -0.25) is 4.68 Å². The third-order valence-corrected chi connectivity index (χ3v) is 3.78. The largest absolute Gasteiger partial charge is 0.449 e. The van der Waals surface area contributed by atoms with Crippen LogP contribution in [-0.2, 0) is 6.54 Å². The Kier molecular flexibility index (Phi) is 2.36. The van der Waals surface area contributed by atoms with Crippen LogP contribution in [-0.4, -0.2) is 14.8 Å². The van der Waals surface area contributed by atoms with Crippen LogP contribution in [0.3, 0.4) is 0 Å². The fourth-order valence-electron chi connectivity index (χ4n) is 2.68. The number of aromatic nitrogens is 3. The summed E-state index contributed by atoms with van der Waals surface area (Å²) in [5.41, 5.74) is 10.1. The van der Waals surface area contributed by atoms with Crippen molar-refractivity contribution < 1.29 is 4.42 Å². The summed E-state index contributed by atoms with van der Waals surface area (Å²) in [6, 6.07) is 5.98. The van der Waals surface area contributed by atoms with Gasteiger partial charge in [0.25, 0.3) is 0 Å². The molecule has 20 heavy (non-hydrogen) atoms. The molecule has 0 aliphatic heterocycles. The molecule has 4 rings (SSSR count). The van der Waals surface area contributed by atoms with Gasteiger partial charge in [0.1, 0.15) is 12.0 Å². The number of benzene rings is 1. The van der Waals surface area contributed by atoms with Crippen LogP contribution < -0.4 is 5.73 Å². The van der Waals surface area contributed by atoms with Gasteiger partial charge in [0.2, 0.25) is 0 Å². The molecule has 2 heterocycles. The number of nitrogens with zero attached hydrogens (tertiary/aromatic N) is 3. The van der Waals surface area contributed by atoms with Gasteiger partial charge in [-0.15, -0.1) is 0 Å². The lowest BCUT2D eigenvalue weighted by molar-refractivity contribution is 0.520. The van der Waals surface area contributed by atoms with Crippen molar-refractivity contribution in [3.8, 4) is 0 Å². The molecule has 1 saturated carbocycles. The van der Waals surface area contributed by atoms with Crippen LogP contribution in [0.4, 0.5) is 5.69 Å². The molecule has 0 amide bonds. The Bertz CT molecular complexity index is 782. The van der Waals surface area contributed by atoms with Gasteiger partial charge in [0, 0.05) is 23.9 Å². The molecular weight excluding hydrogens is 252 g/mol. The smallest absolute Gasteiger partial charge is 0.191 e. The van der Waals surface area contributed by atoms with Crippen molar-refractivity contribution in [3.05, 3.63) is 41.7 Å². The second-order valence-corrected chi connectivity index (χ2v) is 5.42. The first-order valence-corrected chi connectivity index (χ1v) is 6.88. The summed E-state index contributed by atoms with van der Waals surface area (Å²) >= 11 is 0. The molecular formula is C15H16N4O. The zero-order valence-corrected chi connectivity index (χ0v) is 11.3. The normalized spacial score (nSPS) is 15.1. The molecule has 2 aromatic heterocycles. The molecule has 3 aromatic rings. The Balaban J connectivity index is 1.84. The summed E-state index contributed by atoms with van der Waals surface area (Å²) in [6.45, 7) is 2.46. The zero-order valence-electron chi connectivity index (χ0n) is 11.3. The monoisotopic (exact) mass is 268 g/mol. The number of oxazole rings is 1. The first-order chi connectivity index (χ1) is 9.72. The summed E-state index contributed by atoms with van der Waals surface area (Å²) in [5.74, 6) is 1.25. The van der Waals surface area contributed by atoms with Crippen molar-refractivity contribution in [2.45, 2.75) is 32.2 Å². The Labute approximate surface area is 116 Å². The minimum absolute atomic E-state index is 0.572. The van der Waals surface area contributed by atoms with Gasteiger partial charge in [-0.1, -0.05) is 6.07 Å². The third-order valence-electron chi connectivity index (χ3n) is 3.78. The van der Waals surface area contributed by atoms with Gasteiger partial charge in [-0.25, -0.2) is 4.98 Å². The minimum Gasteiger partial charge on any atom is -0.449 e. The van der Waals surface area contributed by atoms with E-state index in [-0.39, 0.29) is 0 Å². The summed E-state index contributed by atoms with van der Waals surface area (Å²) in [6.07, 6.45) is 4.11. The van der Waals surface area contributed by atoms with Gasteiger partial charge in [0.05, 0.1) is 17.8 Å². The predicted octanol–water partition coefficient (Wildman–Crippen LogP) is 2.84. The maximum Gasteiger partial charge on any atom is 0.191 e. The Hall–Kier alpha value is -2.30. The highest BCUT2D eigenvalue weighted by Gasteiger charge is 2.30. The molecule has 0 unspecified atom stereocenters. The molecule has 0 saturated heterocycles. The lowest BCUT2D eigenvalue weighted by atomic mass is 10.1. The highest BCUT2D eigenvalue weighted by molar-refractivity contribution is 5.93. The van der Waals surface area contributed by atoms with Crippen molar-refractivity contribution in [3.63, 3.8) is 0 Å². The van der Waals surface area contributed by atoms with Crippen molar-refractivity contribution in [2.75, 3.05) is 5.73 Å². The number of aryl methyl sites for hydroxylation is 1. The van der Waals surface area contributed by atoms with Crippen LogP contribution in [0, 0.1) is 6.92 Å². The molecule has 1 aliphatic carbocycles. The fourth-order valence-corrected chi connectivity index (χ4v) is 2.68. The number of fused-ring (bicyclic) bond motifs is 1.